The van der Waals surface area contributed by atoms with Crippen molar-refractivity contribution in [2.75, 3.05) is 11.4 Å². The van der Waals surface area contributed by atoms with E-state index in [2.05, 4.69) is 4.99 Å². The highest BCUT2D eigenvalue weighted by atomic mass is 16.6. The van der Waals surface area contributed by atoms with Crippen molar-refractivity contribution in [2.45, 2.75) is 6.42 Å². The lowest BCUT2D eigenvalue weighted by molar-refractivity contribution is -0.384. The Labute approximate surface area is 126 Å². The summed E-state index contributed by atoms with van der Waals surface area (Å²) in [6.07, 6.45) is 2.45. The Morgan fingerprint density at radius 3 is 2.59 bits per heavy atom. The number of carbonyl (C=O) groups excluding carboxylic acids is 1. The SMILES string of the molecule is O=C(c1ccc([N+](=O)[O-])cc1)N1CCC=Nc2ccccc21. The van der Waals surface area contributed by atoms with E-state index in [4.69, 9.17) is 0 Å². The van der Waals surface area contributed by atoms with Crippen LogP contribution in [0.5, 0.6) is 0 Å². The Balaban J connectivity index is 1.94. The normalized spacial score (nSPS) is 13.4. The minimum Gasteiger partial charge on any atom is -0.306 e. The summed E-state index contributed by atoms with van der Waals surface area (Å²) in [5.74, 6) is -0.187. The zero-order valence-electron chi connectivity index (χ0n) is 11.7. The van der Waals surface area contributed by atoms with Crippen molar-refractivity contribution in [3.8, 4) is 0 Å². The molecule has 0 saturated heterocycles. The summed E-state index contributed by atoms with van der Waals surface area (Å²) < 4.78 is 0. The molecule has 1 amide bonds. The molecule has 0 aromatic heterocycles. The molecule has 1 aliphatic heterocycles. The van der Waals surface area contributed by atoms with Crippen LogP contribution in [0.25, 0.3) is 0 Å². The van der Waals surface area contributed by atoms with E-state index < -0.39 is 4.92 Å². The van der Waals surface area contributed by atoms with Crippen LogP contribution in [0.4, 0.5) is 17.1 Å². The van der Waals surface area contributed by atoms with Gasteiger partial charge in [0, 0.05) is 36.9 Å². The lowest BCUT2D eigenvalue weighted by Crippen LogP contribution is -2.31. The van der Waals surface area contributed by atoms with Gasteiger partial charge in [0.25, 0.3) is 11.6 Å². The molecular formula is C16H13N3O3. The maximum Gasteiger partial charge on any atom is 0.269 e. The van der Waals surface area contributed by atoms with Crippen LogP contribution in [-0.4, -0.2) is 23.6 Å². The molecule has 1 heterocycles. The van der Waals surface area contributed by atoms with E-state index in [1.807, 2.05) is 24.3 Å². The standard InChI is InChI=1S/C16H13N3O3/c20-16(12-6-8-13(9-7-12)19(21)22)18-11-3-10-17-14-4-1-2-5-15(14)18/h1-2,4-10H,3,11H2. The maximum atomic E-state index is 12.7. The molecule has 110 valence electrons. The highest BCUT2D eigenvalue weighted by Gasteiger charge is 2.21. The third kappa shape index (κ3) is 2.58. The molecule has 6 heteroatoms. The molecule has 2 aromatic rings. The molecule has 0 bridgehead atoms. The van der Waals surface area contributed by atoms with Gasteiger partial charge in [-0.25, -0.2) is 0 Å². The summed E-state index contributed by atoms with van der Waals surface area (Å²) in [4.78, 5) is 28.9. The number of amides is 1. The minimum absolute atomic E-state index is 0.0313. The summed E-state index contributed by atoms with van der Waals surface area (Å²) in [7, 11) is 0. The largest absolute Gasteiger partial charge is 0.306 e. The Morgan fingerprint density at radius 2 is 1.86 bits per heavy atom. The lowest BCUT2D eigenvalue weighted by atomic mass is 10.1. The fourth-order valence-corrected chi connectivity index (χ4v) is 2.36. The van der Waals surface area contributed by atoms with Gasteiger partial charge in [-0.1, -0.05) is 12.1 Å². The summed E-state index contributed by atoms with van der Waals surface area (Å²) in [5, 5.41) is 10.7. The minimum atomic E-state index is -0.483. The second-order valence-corrected chi connectivity index (χ2v) is 4.85. The fraction of sp³-hybridized carbons (Fsp3) is 0.125. The predicted molar refractivity (Wildman–Crippen MR) is 84.0 cm³/mol. The number of para-hydroxylation sites is 2. The van der Waals surface area contributed by atoms with Crippen molar-refractivity contribution in [1.29, 1.82) is 0 Å². The van der Waals surface area contributed by atoms with E-state index in [0.29, 0.717) is 18.5 Å². The molecule has 0 saturated carbocycles. The molecule has 0 aliphatic carbocycles. The summed E-state index contributed by atoms with van der Waals surface area (Å²) >= 11 is 0. The van der Waals surface area contributed by atoms with Crippen LogP contribution in [0.1, 0.15) is 16.8 Å². The Bertz CT molecular complexity index is 753. The first-order valence-electron chi connectivity index (χ1n) is 6.85. The Kier molecular flexibility index (Phi) is 3.65. The van der Waals surface area contributed by atoms with Gasteiger partial charge in [-0.05, 0) is 24.3 Å². The molecule has 0 atom stereocenters. The van der Waals surface area contributed by atoms with Crippen LogP contribution in [-0.2, 0) is 0 Å². The van der Waals surface area contributed by atoms with Crippen molar-refractivity contribution in [1.82, 2.24) is 0 Å². The summed E-state index contributed by atoms with van der Waals surface area (Å²) in [5.41, 5.74) is 1.88. The number of nitro groups is 1. The molecular weight excluding hydrogens is 282 g/mol. The fourth-order valence-electron chi connectivity index (χ4n) is 2.36. The van der Waals surface area contributed by atoms with E-state index in [1.54, 1.807) is 11.1 Å². The van der Waals surface area contributed by atoms with Gasteiger partial charge < -0.3 is 4.90 Å². The maximum absolute atomic E-state index is 12.7. The first kappa shape index (κ1) is 13.9. The van der Waals surface area contributed by atoms with E-state index >= 15 is 0 Å². The van der Waals surface area contributed by atoms with Crippen LogP contribution in [0, 0.1) is 10.1 Å². The number of anilines is 1. The van der Waals surface area contributed by atoms with Gasteiger partial charge in [-0.15, -0.1) is 0 Å². The third-order valence-corrected chi connectivity index (χ3v) is 3.45. The molecule has 22 heavy (non-hydrogen) atoms. The molecule has 3 rings (SSSR count). The first-order chi connectivity index (χ1) is 10.7. The number of aliphatic imine (C=N–C) groups is 1. The first-order valence-corrected chi connectivity index (χ1v) is 6.85. The number of rotatable bonds is 2. The molecule has 2 aromatic carbocycles. The number of carbonyl (C=O) groups is 1. The number of non-ortho nitro benzene ring substituents is 1. The van der Waals surface area contributed by atoms with Crippen LogP contribution in [0.3, 0.4) is 0 Å². The number of hydrogen-bond acceptors (Lipinski definition) is 4. The van der Waals surface area contributed by atoms with Crippen molar-refractivity contribution in [3.63, 3.8) is 0 Å². The van der Waals surface area contributed by atoms with E-state index in [0.717, 1.165) is 11.4 Å². The lowest BCUT2D eigenvalue weighted by Gasteiger charge is -2.22. The average Bonchev–Trinajstić information content (AvgIpc) is 2.76. The zero-order chi connectivity index (χ0) is 15.5. The van der Waals surface area contributed by atoms with Crippen LogP contribution in [0.2, 0.25) is 0 Å². The quantitative estimate of drug-likeness (QED) is 0.629. The van der Waals surface area contributed by atoms with Crippen molar-refractivity contribution in [2.24, 2.45) is 4.99 Å². The zero-order valence-corrected chi connectivity index (χ0v) is 11.7. The summed E-state index contributed by atoms with van der Waals surface area (Å²) in [6.45, 7) is 0.524. The smallest absolute Gasteiger partial charge is 0.269 e. The van der Waals surface area contributed by atoms with Gasteiger partial charge >= 0.3 is 0 Å². The number of fused-ring (bicyclic) bond motifs is 1. The van der Waals surface area contributed by atoms with E-state index in [9.17, 15) is 14.9 Å². The van der Waals surface area contributed by atoms with Gasteiger partial charge in [-0.2, -0.15) is 0 Å². The van der Waals surface area contributed by atoms with Gasteiger partial charge in [0.1, 0.15) is 0 Å². The summed E-state index contributed by atoms with van der Waals surface area (Å²) in [6, 6.07) is 13.1. The van der Waals surface area contributed by atoms with E-state index in [1.165, 1.54) is 24.3 Å². The molecule has 0 fully saturated rings. The highest BCUT2D eigenvalue weighted by Crippen LogP contribution is 2.31. The molecule has 0 N–H and O–H groups in total. The number of nitro benzene ring substituents is 1. The second kappa shape index (κ2) is 5.77. The third-order valence-electron chi connectivity index (χ3n) is 3.45. The van der Waals surface area contributed by atoms with Crippen molar-refractivity contribution in [3.05, 3.63) is 64.2 Å². The average molecular weight is 295 g/mol. The van der Waals surface area contributed by atoms with Gasteiger partial charge in [0.2, 0.25) is 0 Å². The highest BCUT2D eigenvalue weighted by molar-refractivity contribution is 6.08. The van der Waals surface area contributed by atoms with Crippen LogP contribution >= 0.6 is 0 Å². The van der Waals surface area contributed by atoms with Gasteiger partial charge in [-0.3, -0.25) is 19.9 Å². The van der Waals surface area contributed by atoms with Gasteiger partial charge in [0.15, 0.2) is 0 Å². The number of hydrogen-bond donors (Lipinski definition) is 0. The molecule has 1 aliphatic rings. The monoisotopic (exact) mass is 295 g/mol. The Morgan fingerprint density at radius 1 is 1.14 bits per heavy atom. The molecule has 0 spiro atoms. The molecule has 6 nitrogen and oxygen atoms in total. The van der Waals surface area contributed by atoms with Crippen LogP contribution in [0.15, 0.2) is 53.5 Å². The van der Waals surface area contributed by atoms with E-state index in [-0.39, 0.29) is 11.6 Å². The topological polar surface area (TPSA) is 75.8 Å². The van der Waals surface area contributed by atoms with Crippen LogP contribution < -0.4 is 4.90 Å². The molecule has 0 unspecified atom stereocenters. The number of nitrogens with zero attached hydrogens (tertiary/aromatic N) is 3. The Hall–Kier alpha value is -3.02. The van der Waals surface area contributed by atoms with Crippen molar-refractivity contribution < 1.29 is 9.72 Å². The van der Waals surface area contributed by atoms with Gasteiger partial charge in [0.05, 0.1) is 16.3 Å². The predicted octanol–water partition coefficient (Wildman–Crippen LogP) is 3.35. The van der Waals surface area contributed by atoms with Crippen molar-refractivity contribution >= 4 is 29.2 Å². The number of benzene rings is 2. The second-order valence-electron chi connectivity index (χ2n) is 4.85. The molecule has 0 radical (unpaired) electrons.